The Morgan fingerprint density at radius 2 is 2.00 bits per heavy atom. The Morgan fingerprint density at radius 1 is 1.12 bits per heavy atom. The van der Waals surface area contributed by atoms with Crippen LogP contribution in [-0.2, 0) is 6.42 Å². The Labute approximate surface area is 103 Å². The Kier molecular flexibility index (Phi) is 2.68. The molecule has 1 aromatic carbocycles. The van der Waals surface area contributed by atoms with Crippen molar-refractivity contribution in [1.82, 2.24) is 4.98 Å². The zero-order valence-electron chi connectivity index (χ0n) is 10.2. The van der Waals surface area contributed by atoms with E-state index in [1.54, 1.807) is 0 Å². The highest BCUT2D eigenvalue weighted by Crippen LogP contribution is 2.39. The molecule has 0 atom stereocenters. The first-order chi connectivity index (χ1) is 8.36. The van der Waals surface area contributed by atoms with Gasteiger partial charge in [-0.05, 0) is 36.5 Å². The second kappa shape index (κ2) is 4.33. The molecule has 0 N–H and O–H groups in total. The summed E-state index contributed by atoms with van der Waals surface area (Å²) in [5, 5.41) is 0. The van der Waals surface area contributed by atoms with Gasteiger partial charge in [-0.3, -0.25) is 4.98 Å². The summed E-state index contributed by atoms with van der Waals surface area (Å²) in [6.45, 7) is 2.19. The lowest BCUT2D eigenvalue weighted by atomic mass is 10.0. The van der Waals surface area contributed by atoms with Crippen molar-refractivity contribution in [3.8, 4) is 11.1 Å². The maximum absolute atomic E-state index is 4.57. The van der Waals surface area contributed by atoms with Crippen LogP contribution in [0.2, 0.25) is 0 Å². The lowest BCUT2D eigenvalue weighted by Crippen LogP contribution is -1.87. The lowest BCUT2D eigenvalue weighted by molar-refractivity contribution is 1.02. The van der Waals surface area contributed by atoms with Gasteiger partial charge in [-0.15, -0.1) is 0 Å². The summed E-state index contributed by atoms with van der Waals surface area (Å²) in [6, 6.07) is 13.1. The van der Waals surface area contributed by atoms with E-state index in [4.69, 9.17) is 0 Å². The van der Waals surface area contributed by atoms with Crippen molar-refractivity contribution >= 4 is 0 Å². The molecule has 0 amide bonds. The number of nitrogens with zero attached hydrogens (tertiary/aromatic N) is 1. The first-order valence-electron chi connectivity index (χ1n) is 6.42. The zero-order chi connectivity index (χ0) is 11.7. The van der Waals surface area contributed by atoms with E-state index in [1.165, 1.54) is 35.2 Å². The van der Waals surface area contributed by atoms with Crippen LogP contribution in [0.1, 0.15) is 36.9 Å². The molecular formula is C16H17N. The number of rotatable bonds is 3. The van der Waals surface area contributed by atoms with E-state index >= 15 is 0 Å². The monoisotopic (exact) mass is 223 g/mol. The van der Waals surface area contributed by atoms with Gasteiger partial charge in [0.2, 0.25) is 0 Å². The lowest BCUT2D eigenvalue weighted by Gasteiger charge is -2.04. The molecule has 0 spiro atoms. The number of hydrogen-bond donors (Lipinski definition) is 0. The van der Waals surface area contributed by atoms with E-state index in [2.05, 4.69) is 48.3 Å². The summed E-state index contributed by atoms with van der Waals surface area (Å²) in [4.78, 5) is 4.57. The SMILES string of the molecule is CCc1cccc(-c2ccc(C3CC3)nc2)c1. The van der Waals surface area contributed by atoms with E-state index in [9.17, 15) is 0 Å². The molecule has 1 saturated carbocycles. The quantitative estimate of drug-likeness (QED) is 0.760. The first-order valence-corrected chi connectivity index (χ1v) is 6.42. The van der Waals surface area contributed by atoms with Gasteiger partial charge in [0.15, 0.2) is 0 Å². The van der Waals surface area contributed by atoms with Crippen LogP contribution in [0.25, 0.3) is 11.1 Å². The fraction of sp³-hybridized carbons (Fsp3) is 0.312. The molecule has 2 aromatic rings. The van der Waals surface area contributed by atoms with Crippen molar-refractivity contribution in [1.29, 1.82) is 0 Å². The van der Waals surface area contributed by atoms with Crippen molar-refractivity contribution in [2.24, 2.45) is 0 Å². The van der Waals surface area contributed by atoms with Gasteiger partial charge in [0.05, 0.1) is 0 Å². The number of aryl methyl sites for hydroxylation is 1. The Morgan fingerprint density at radius 3 is 2.65 bits per heavy atom. The van der Waals surface area contributed by atoms with Gasteiger partial charge in [0.1, 0.15) is 0 Å². The van der Waals surface area contributed by atoms with Crippen LogP contribution in [0.3, 0.4) is 0 Å². The molecule has 86 valence electrons. The van der Waals surface area contributed by atoms with Crippen molar-refractivity contribution in [2.75, 3.05) is 0 Å². The summed E-state index contributed by atoms with van der Waals surface area (Å²) in [5.74, 6) is 0.742. The van der Waals surface area contributed by atoms with Crippen LogP contribution in [0.5, 0.6) is 0 Å². The minimum atomic E-state index is 0.742. The highest BCUT2D eigenvalue weighted by Gasteiger charge is 2.24. The molecule has 1 nitrogen and oxygen atoms in total. The normalized spacial score (nSPS) is 14.9. The summed E-state index contributed by atoms with van der Waals surface area (Å²) in [5.41, 5.74) is 5.15. The van der Waals surface area contributed by atoms with Gasteiger partial charge in [-0.1, -0.05) is 37.3 Å². The van der Waals surface area contributed by atoms with Crippen molar-refractivity contribution in [2.45, 2.75) is 32.1 Å². The zero-order valence-corrected chi connectivity index (χ0v) is 10.2. The van der Waals surface area contributed by atoms with Crippen LogP contribution in [0.4, 0.5) is 0 Å². The highest BCUT2D eigenvalue weighted by atomic mass is 14.7. The molecule has 0 radical (unpaired) electrons. The van der Waals surface area contributed by atoms with Gasteiger partial charge in [0.25, 0.3) is 0 Å². The van der Waals surface area contributed by atoms with Crippen molar-refractivity contribution in [3.63, 3.8) is 0 Å². The molecule has 1 aliphatic carbocycles. The third-order valence-electron chi connectivity index (χ3n) is 3.45. The van der Waals surface area contributed by atoms with Gasteiger partial charge >= 0.3 is 0 Å². The maximum Gasteiger partial charge on any atom is 0.0434 e. The molecule has 0 unspecified atom stereocenters. The fourth-order valence-corrected chi connectivity index (χ4v) is 2.17. The molecular weight excluding hydrogens is 206 g/mol. The van der Waals surface area contributed by atoms with E-state index in [-0.39, 0.29) is 0 Å². The minimum Gasteiger partial charge on any atom is -0.260 e. The summed E-state index contributed by atoms with van der Waals surface area (Å²) < 4.78 is 0. The molecule has 0 saturated heterocycles. The van der Waals surface area contributed by atoms with Gasteiger partial charge in [-0.25, -0.2) is 0 Å². The van der Waals surface area contributed by atoms with Gasteiger partial charge < -0.3 is 0 Å². The molecule has 1 fully saturated rings. The molecule has 0 aliphatic heterocycles. The predicted octanol–water partition coefficient (Wildman–Crippen LogP) is 4.19. The number of aromatic nitrogens is 1. The summed E-state index contributed by atoms with van der Waals surface area (Å²) in [7, 11) is 0. The average molecular weight is 223 g/mol. The Balaban J connectivity index is 1.91. The fourth-order valence-electron chi connectivity index (χ4n) is 2.17. The number of benzene rings is 1. The maximum atomic E-state index is 4.57. The second-order valence-corrected chi connectivity index (χ2v) is 4.80. The smallest absolute Gasteiger partial charge is 0.0434 e. The standard InChI is InChI=1S/C16H17N/c1-2-12-4-3-5-14(10-12)15-8-9-16(17-11-15)13-6-7-13/h3-5,8-11,13H,2,6-7H2,1H3. The second-order valence-electron chi connectivity index (χ2n) is 4.80. The summed E-state index contributed by atoms with van der Waals surface area (Å²) in [6.07, 6.45) is 5.74. The topological polar surface area (TPSA) is 12.9 Å². The molecule has 3 rings (SSSR count). The van der Waals surface area contributed by atoms with E-state index in [0.717, 1.165) is 12.3 Å². The molecule has 1 aliphatic rings. The van der Waals surface area contributed by atoms with E-state index in [1.807, 2.05) is 6.20 Å². The molecule has 1 heterocycles. The van der Waals surface area contributed by atoms with Crippen molar-refractivity contribution in [3.05, 3.63) is 53.9 Å². The largest absolute Gasteiger partial charge is 0.260 e. The Hall–Kier alpha value is -1.63. The number of hydrogen-bond acceptors (Lipinski definition) is 1. The average Bonchev–Trinajstić information content (AvgIpc) is 3.23. The van der Waals surface area contributed by atoms with Crippen LogP contribution < -0.4 is 0 Å². The van der Waals surface area contributed by atoms with Gasteiger partial charge in [0, 0.05) is 23.4 Å². The third kappa shape index (κ3) is 2.23. The molecule has 0 bridgehead atoms. The van der Waals surface area contributed by atoms with Crippen LogP contribution in [0.15, 0.2) is 42.6 Å². The highest BCUT2D eigenvalue weighted by molar-refractivity contribution is 5.63. The Bertz CT molecular complexity index is 509. The van der Waals surface area contributed by atoms with E-state index < -0.39 is 0 Å². The van der Waals surface area contributed by atoms with Gasteiger partial charge in [-0.2, -0.15) is 0 Å². The predicted molar refractivity (Wildman–Crippen MR) is 71.0 cm³/mol. The van der Waals surface area contributed by atoms with Crippen LogP contribution in [0, 0.1) is 0 Å². The number of pyridine rings is 1. The van der Waals surface area contributed by atoms with E-state index in [0.29, 0.717) is 0 Å². The first kappa shape index (κ1) is 10.5. The molecule has 1 heteroatoms. The van der Waals surface area contributed by atoms with Crippen LogP contribution >= 0.6 is 0 Å². The summed E-state index contributed by atoms with van der Waals surface area (Å²) >= 11 is 0. The third-order valence-corrected chi connectivity index (χ3v) is 3.45. The minimum absolute atomic E-state index is 0.742. The molecule has 1 aromatic heterocycles. The molecule has 17 heavy (non-hydrogen) atoms. The van der Waals surface area contributed by atoms with Crippen molar-refractivity contribution < 1.29 is 0 Å². The van der Waals surface area contributed by atoms with Crippen LogP contribution in [-0.4, -0.2) is 4.98 Å².